The van der Waals surface area contributed by atoms with Crippen LogP contribution in [0, 0.1) is 0 Å². The minimum Gasteiger partial charge on any atom is -0.356 e. The molecule has 1 aromatic carbocycles. The van der Waals surface area contributed by atoms with Crippen molar-refractivity contribution in [3.63, 3.8) is 0 Å². The molecule has 0 spiro atoms. The predicted molar refractivity (Wildman–Crippen MR) is 116 cm³/mol. The van der Waals surface area contributed by atoms with Gasteiger partial charge in [-0.15, -0.1) is 0 Å². The van der Waals surface area contributed by atoms with Gasteiger partial charge in [0.05, 0.1) is 18.4 Å². The Balaban J connectivity index is 1.66. The van der Waals surface area contributed by atoms with Gasteiger partial charge in [-0.25, -0.2) is 4.99 Å². The van der Waals surface area contributed by atoms with Crippen molar-refractivity contribution in [3.8, 4) is 0 Å². The molecule has 160 valence electrons. The van der Waals surface area contributed by atoms with Crippen LogP contribution < -0.4 is 10.2 Å². The Hall–Kier alpha value is -3.36. The van der Waals surface area contributed by atoms with Crippen molar-refractivity contribution in [2.24, 2.45) is 12.0 Å². The lowest BCUT2D eigenvalue weighted by atomic mass is 10.1. The van der Waals surface area contributed by atoms with Crippen LogP contribution in [0.15, 0.2) is 41.7 Å². The average molecular weight is 412 g/mol. The normalized spacial score (nSPS) is 14.8. The van der Waals surface area contributed by atoms with Gasteiger partial charge in [0.25, 0.3) is 5.91 Å². The van der Waals surface area contributed by atoms with Gasteiger partial charge in [-0.1, -0.05) is 12.1 Å². The van der Waals surface area contributed by atoms with Crippen LogP contribution in [0.3, 0.4) is 0 Å². The number of carbonyl (C=O) groups is 2. The zero-order chi connectivity index (χ0) is 21.7. The fourth-order valence-electron chi connectivity index (χ4n) is 3.28. The lowest BCUT2D eigenvalue weighted by Gasteiger charge is -2.35. The second-order valence-electron chi connectivity index (χ2n) is 7.41. The lowest BCUT2D eigenvalue weighted by molar-refractivity contribution is -0.120. The van der Waals surface area contributed by atoms with Crippen LogP contribution in [-0.2, 0) is 18.4 Å². The largest absolute Gasteiger partial charge is 0.356 e. The number of aromatic nitrogens is 2. The van der Waals surface area contributed by atoms with Gasteiger partial charge in [0.2, 0.25) is 5.91 Å². The van der Waals surface area contributed by atoms with Gasteiger partial charge in [-0.3, -0.25) is 14.3 Å². The highest BCUT2D eigenvalue weighted by molar-refractivity contribution is 5.98. The van der Waals surface area contributed by atoms with Crippen molar-refractivity contribution in [1.29, 1.82) is 0 Å². The maximum absolute atomic E-state index is 12.7. The summed E-state index contributed by atoms with van der Waals surface area (Å²) < 4.78 is 1.69. The molecule has 2 heterocycles. The van der Waals surface area contributed by atoms with E-state index in [0.717, 1.165) is 11.3 Å². The first kappa shape index (κ1) is 21.4. The highest BCUT2D eigenvalue weighted by Gasteiger charge is 2.27. The van der Waals surface area contributed by atoms with Crippen LogP contribution in [0.5, 0.6) is 0 Å². The third-order valence-electron chi connectivity index (χ3n) is 4.88. The molecule has 1 fully saturated rings. The number of hydrogen-bond acceptors (Lipinski definition) is 4. The van der Waals surface area contributed by atoms with E-state index in [1.807, 2.05) is 49.3 Å². The molecule has 0 saturated carbocycles. The summed E-state index contributed by atoms with van der Waals surface area (Å²) in [6.45, 7) is 4.71. The first-order chi connectivity index (χ1) is 14.4. The number of guanidine groups is 1. The molecule has 1 N–H and O–H groups in total. The number of hydrogen-bond donors (Lipinski definition) is 1. The molecular weight excluding hydrogens is 382 g/mol. The Morgan fingerprint density at radius 2 is 1.97 bits per heavy atom. The van der Waals surface area contributed by atoms with E-state index >= 15 is 0 Å². The molecule has 0 unspecified atom stereocenters. The van der Waals surface area contributed by atoms with E-state index in [0.29, 0.717) is 37.7 Å². The maximum Gasteiger partial charge on any atom is 0.253 e. The van der Waals surface area contributed by atoms with E-state index < -0.39 is 0 Å². The van der Waals surface area contributed by atoms with E-state index in [9.17, 15) is 9.59 Å². The van der Waals surface area contributed by atoms with E-state index in [4.69, 9.17) is 4.99 Å². The zero-order valence-electron chi connectivity index (χ0n) is 18.0. The number of rotatable bonds is 5. The summed E-state index contributed by atoms with van der Waals surface area (Å²) in [5, 5.41) is 7.42. The number of anilines is 1. The quantitative estimate of drug-likeness (QED) is 0.585. The van der Waals surface area contributed by atoms with Crippen molar-refractivity contribution >= 4 is 23.5 Å². The van der Waals surface area contributed by atoms with Gasteiger partial charge < -0.3 is 20.0 Å². The second-order valence-corrected chi connectivity index (χ2v) is 7.41. The van der Waals surface area contributed by atoms with Crippen molar-refractivity contribution < 1.29 is 9.59 Å². The molecule has 0 bridgehead atoms. The van der Waals surface area contributed by atoms with E-state index in [1.165, 1.54) is 0 Å². The Morgan fingerprint density at radius 3 is 2.53 bits per heavy atom. The number of nitrogens with zero attached hydrogens (tertiary/aromatic N) is 6. The van der Waals surface area contributed by atoms with Gasteiger partial charge in [0.15, 0.2) is 5.96 Å². The molecule has 30 heavy (non-hydrogen) atoms. The van der Waals surface area contributed by atoms with Crippen LogP contribution in [0.1, 0.15) is 22.8 Å². The monoisotopic (exact) mass is 411 g/mol. The molecule has 9 nitrogen and oxygen atoms in total. The predicted octanol–water partition coefficient (Wildman–Crippen LogP) is 0.936. The molecule has 3 rings (SSSR count). The molecular formula is C21H29N7O2. The average Bonchev–Trinajstić information content (AvgIpc) is 3.16. The number of aliphatic imine (C=N–C) groups is 1. The molecule has 1 aliphatic rings. The van der Waals surface area contributed by atoms with Crippen LogP contribution in [0.2, 0.25) is 0 Å². The third-order valence-corrected chi connectivity index (χ3v) is 4.88. The number of benzene rings is 1. The minimum absolute atomic E-state index is 0.0198. The van der Waals surface area contributed by atoms with Crippen LogP contribution in [0.4, 0.5) is 5.69 Å². The van der Waals surface area contributed by atoms with Crippen molar-refractivity contribution in [1.82, 2.24) is 24.9 Å². The van der Waals surface area contributed by atoms with E-state index in [2.05, 4.69) is 10.4 Å². The summed E-state index contributed by atoms with van der Waals surface area (Å²) in [5.74, 6) is 0.708. The number of nitrogens with one attached hydrogen (secondary N) is 1. The second kappa shape index (κ2) is 9.43. The standard InChI is InChI=1S/C21H29N7O2/c1-5-22-21(23-12-16-6-8-17(9-7-16)20(30)25(2)3)27-10-11-28(19(29)15-27)18-13-24-26(4)14-18/h6-9,13-14H,5,10-12,15H2,1-4H3,(H,22,23). The fourth-order valence-corrected chi connectivity index (χ4v) is 3.28. The molecule has 0 aliphatic carbocycles. The summed E-state index contributed by atoms with van der Waals surface area (Å²) in [6.07, 6.45) is 3.55. The topological polar surface area (TPSA) is 86.1 Å². The molecule has 2 amide bonds. The Bertz CT molecular complexity index is 918. The van der Waals surface area contributed by atoms with Gasteiger partial charge >= 0.3 is 0 Å². The molecule has 1 saturated heterocycles. The van der Waals surface area contributed by atoms with E-state index in [-0.39, 0.29) is 18.4 Å². The van der Waals surface area contributed by atoms with Gasteiger partial charge in [-0.2, -0.15) is 5.10 Å². The summed E-state index contributed by atoms with van der Waals surface area (Å²) in [4.78, 5) is 34.7. The maximum atomic E-state index is 12.7. The number of amides is 2. The van der Waals surface area contributed by atoms with Gasteiger partial charge in [0, 0.05) is 52.5 Å². The number of aryl methyl sites for hydroxylation is 1. The van der Waals surface area contributed by atoms with Crippen LogP contribution in [0.25, 0.3) is 0 Å². The van der Waals surface area contributed by atoms with Crippen LogP contribution in [-0.4, -0.2) is 77.6 Å². The number of piperazine rings is 1. The zero-order valence-corrected chi connectivity index (χ0v) is 18.0. The van der Waals surface area contributed by atoms with Crippen LogP contribution >= 0.6 is 0 Å². The minimum atomic E-state index is -0.0246. The molecule has 2 aromatic rings. The lowest BCUT2D eigenvalue weighted by Crippen LogP contribution is -2.55. The smallest absolute Gasteiger partial charge is 0.253 e. The third kappa shape index (κ3) is 4.97. The van der Waals surface area contributed by atoms with Crippen molar-refractivity contribution in [3.05, 3.63) is 47.8 Å². The van der Waals surface area contributed by atoms with E-state index in [1.54, 1.807) is 34.8 Å². The first-order valence-corrected chi connectivity index (χ1v) is 10.0. The molecule has 0 radical (unpaired) electrons. The summed E-state index contributed by atoms with van der Waals surface area (Å²) in [5.41, 5.74) is 2.47. The van der Waals surface area contributed by atoms with Gasteiger partial charge in [-0.05, 0) is 24.6 Å². The highest BCUT2D eigenvalue weighted by Crippen LogP contribution is 2.16. The molecule has 0 atom stereocenters. The fraction of sp³-hybridized carbons (Fsp3) is 0.429. The van der Waals surface area contributed by atoms with Crippen molar-refractivity contribution in [2.75, 3.05) is 45.2 Å². The summed E-state index contributed by atoms with van der Waals surface area (Å²) in [6, 6.07) is 7.46. The molecule has 9 heteroatoms. The van der Waals surface area contributed by atoms with Gasteiger partial charge in [0.1, 0.15) is 6.54 Å². The molecule has 1 aliphatic heterocycles. The molecule has 1 aromatic heterocycles. The summed E-state index contributed by atoms with van der Waals surface area (Å²) >= 11 is 0. The highest BCUT2D eigenvalue weighted by atomic mass is 16.2. The Labute approximate surface area is 177 Å². The Kier molecular flexibility index (Phi) is 6.71. The first-order valence-electron chi connectivity index (χ1n) is 10.0. The SMILES string of the molecule is CCNC(=NCc1ccc(C(=O)N(C)C)cc1)N1CCN(c2cnn(C)c2)C(=O)C1. The summed E-state index contributed by atoms with van der Waals surface area (Å²) in [7, 11) is 5.31. The Morgan fingerprint density at radius 1 is 1.23 bits per heavy atom. The number of carbonyl (C=O) groups excluding carboxylic acids is 2. The van der Waals surface area contributed by atoms with Crippen molar-refractivity contribution in [2.45, 2.75) is 13.5 Å².